The summed E-state index contributed by atoms with van der Waals surface area (Å²) in [6.07, 6.45) is 2.32. The first-order chi connectivity index (χ1) is 15.0. The molecule has 2 N–H and O–H groups in total. The van der Waals surface area contributed by atoms with Gasteiger partial charge in [-0.15, -0.1) is 0 Å². The number of carbonyl (C=O) groups excluding carboxylic acids is 1. The molecule has 7 heteroatoms. The molecule has 158 valence electrons. The van der Waals surface area contributed by atoms with E-state index in [4.69, 9.17) is 4.52 Å². The van der Waals surface area contributed by atoms with Crippen LogP contribution < -0.4 is 10.9 Å². The van der Waals surface area contributed by atoms with Gasteiger partial charge in [-0.1, -0.05) is 36.3 Å². The first-order valence-corrected chi connectivity index (χ1v) is 10.4. The molecule has 7 nitrogen and oxygen atoms in total. The Morgan fingerprint density at radius 3 is 2.71 bits per heavy atom. The first kappa shape index (κ1) is 20.5. The van der Waals surface area contributed by atoms with E-state index in [0.717, 1.165) is 28.6 Å². The van der Waals surface area contributed by atoms with Crippen molar-refractivity contribution in [1.29, 1.82) is 0 Å². The molecule has 0 fully saturated rings. The van der Waals surface area contributed by atoms with Gasteiger partial charge in [-0.25, -0.2) is 0 Å². The van der Waals surface area contributed by atoms with Crippen LogP contribution in [0.25, 0.3) is 22.3 Å². The van der Waals surface area contributed by atoms with E-state index in [1.54, 1.807) is 6.07 Å². The molecule has 0 aliphatic rings. The van der Waals surface area contributed by atoms with Gasteiger partial charge < -0.3 is 14.8 Å². The van der Waals surface area contributed by atoms with Crippen LogP contribution in [0.2, 0.25) is 0 Å². The number of aromatic nitrogens is 3. The minimum Gasteiger partial charge on any atom is -0.339 e. The molecule has 1 amide bonds. The number of nitrogens with zero attached hydrogens (tertiary/aromatic N) is 2. The van der Waals surface area contributed by atoms with Crippen LogP contribution in [-0.4, -0.2) is 21.0 Å². The third-order valence-corrected chi connectivity index (χ3v) is 5.15. The van der Waals surface area contributed by atoms with Crippen LogP contribution in [0.4, 0.5) is 5.69 Å². The smallest absolute Gasteiger partial charge is 0.259 e. The average Bonchev–Trinajstić information content (AvgIpc) is 3.22. The number of H-pyrrole nitrogens is 1. The first-order valence-electron chi connectivity index (χ1n) is 10.4. The summed E-state index contributed by atoms with van der Waals surface area (Å²) in [5.41, 5.74) is 3.95. The van der Waals surface area contributed by atoms with Crippen molar-refractivity contribution >= 4 is 22.5 Å². The lowest BCUT2D eigenvalue weighted by atomic mass is 10.1. The van der Waals surface area contributed by atoms with E-state index in [2.05, 4.69) is 27.4 Å². The highest BCUT2D eigenvalue weighted by Gasteiger charge is 2.14. The maximum Gasteiger partial charge on any atom is 0.259 e. The highest BCUT2D eigenvalue weighted by atomic mass is 16.5. The number of hydrogen-bond donors (Lipinski definition) is 2. The number of aromatic amines is 1. The molecular formula is C24H24N4O3. The minimum atomic E-state index is -0.265. The van der Waals surface area contributed by atoms with E-state index in [-0.39, 0.29) is 17.3 Å². The zero-order valence-electron chi connectivity index (χ0n) is 17.6. The van der Waals surface area contributed by atoms with E-state index in [1.165, 1.54) is 5.56 Å². The summed E-state index contributed by atoms with van der Waals surface area (Å²) in [7, 11) is 0. The van der Waals surface area contributed by atoms with Crippen molar-refractivity contribution in [1.82, 2.24) is 15.1 Å². The minimum absolute atomic E-state index is 0.0646. The summed E-state index contributed by atoms with van der Waals surface area (Å²) in [6.45, 7) is 4.06. The molecule has 2 aromatic carbocycles. The molecule has 2 aromatic heterocycles. The van der Waals surface area contributed by atoms with Crippen LogP contribution in [0.1, 0.15) is 36.8 Å². The molecule has 0 aliphatic carbocycles. The molecule has 0 saturated carbocycles. The number of pyridine rings is 1. The Morgan fingerprint density at radius 1 is 1.13 bits per heavy atom. The van der Waals surface area contributed by atoms with Gasteiger partial charge in [0, 0.05) is 24.0 Å². The van der Waals surface area contributed by atoms with Crippen molar-refractivity contribution in [2.75, 3.05) is 5.32 Å². The quantitative estimate of drug-likeness (QED) is 0.465. The molecule has 4 rings (SSSR count). The fourth-order valence-corrected chi connectivity index (χ4v) is 3.39. The summed E-state index contributed by atoms with van der Waals surface area (Å²) in [4.78, 5) is 31.8. The summed E-state index contributed by atoms with van der Waals surface area (Å²) >= 11 is 0. The van der Waals surface area contributed by atoms with Crippen LogP contribution in [0.3, 0.4) is 0 Å². The molecule has 0 aliphatic heterocycles. The average molecular weight is 416 g/mol. The second kappa shape index (κ2) is 8.95. The molecule has 0 atom stereocenters. The van der Waals surface area contributed by atoms with Crippen LogP contribution in [0, 0.1) is 6.92 Å². The number of rotatable bonds is 7. The Bertz CT molecular complexity index is 1270. The van der Waals surface area contributed by atoms with Gasteiger partial charge in [-0.2, -0.15) is 4.98 Å². The van der Waals surface area contributed by atoms with Crippen LogP contribution in [-0.2, 0) is 17.6 Å². The van der Waals surface area contributed by atoms with Gasteiger partial charge in [0.15, 0.2) is 0 Å². The van der Waals surface area contributed by atoms with Gasteiger partial charge >= 0.3 is 0 Å². The highest BCUT2D eigenvalue weighted by molar-refractivity contribution is 5.90. The van der Waals surface area contributed by atoms with Gasteiger partial charge in [0.1, 0.15) is 0 Å². The van der Waals surface area contributed by atoms with E-state index in [1.807, 2.05) is 49.4 Å². The Hall–Kier alpha value is -3.74. The topological polar surface area (TPSA) is 101 Å². The normalized spacial score (nSPS) is 11.0. The van der Waals surface area contributed by atoms with Crippen LogP contribution in [0.15, 0.2) is 57.8 Å². The molecule has 0 bridgehead atoms. The SMILES string of the molecule is CCc1ccc(NC(=O)CCCc2nc(-c3cc4ccc(C)cc4[nH]c3=O)no2)cc1. The van der Waals surface area contributed by atoms with E-state index in [0.29, 0.717) is 30.7 Å². The number of anilines is 1. The van der Waals surface area contributed by atoms with Gasteiger partial charge in [-0.3, -0.25) is 9.59 Å². The Morgan fingerprint density at radius 2 is 1.94 bits per heavy atom. The van der Waals surface area contributed by atoms with Crippen LogP contribution in [0.5, 0.6) is 0 Å². The fourth-order valence-electron chi connectivity index (χ4n) is 3.39. The number of hydrogen-bond acceptors (Lipinski definition) is 5. The van der Waals surface area contributed by atoms with Crippen molar-refractivity contribution < 1.29 is 9.32 Å². The summed E-state index contributed by atoms with van der Waals surface area (Å²) in [6, 6.07) is 15.4. The predicted molar refractivity (Wildman–Crippen MR) is 120 cm³/mol. The Balaban J connectivity index is 1.36. The second-order valence-corrected chi connectivity index (χ2v) is 7.57. The van der Waals surface area contributed by atoms with Crippen molar-refractivity contribution in [3.8, 4) is 11.4 Å². The molecule has 4 aromatic rings. The standard InChI is InChI=1S/C24H24N4O3/c1-3-16-8-11-18(12-9-16)25-21(29)5-4-6-22-27-23(28-31-22)19-14-17-10-7-15(2)13-20(17)26-24(19)30/h7-14H,3-6H2,1-2H3,(H,25,29)(H,26,30). The van der Waals surface area contributed by atoms with Gasteiger partial charge in [-0.05, 0) is 60.5 Å². The lowest BCUT2D eigenvalue weighted by Gasteiger charge is -2.05. The number of benzene rings is 2. The van der Waals surface area contributed by atoms with Crippen LogP contribution >= 0.6 is 0 Å². The molecule has 31 heavy (non-hydrogen) atoms. The number of nitrogens with one attached hydrogen (secondary N) is 2. The maximum atomic E-state index is 12.4. The van der Waals surface area contributed by atoms with Gasteiger partial charge in [0.2, 0.25) is 17.6 Å². The lowest BCUT2D eigenvalue weighted by molar-refractivity contribution is -0.116. The largest absolute Gasteiger partial charge is 0.339 e. The van der Waals surface area contributed by atoms with Crippen molar-refractivity contribution in [2.24, 2.45) is 0 Å². The predicted octanol–water partition coefficient (Wildman–Crippen LogP) is 4.41. The Labute approximate surface area is 179 Å². The summed E-state index contributed by atoms with van der Waals surface area (Å²) < 4.78 is 5.29. The maximum absolute atomic E-state index is 12.4. The molecule has 0 unspecified atom stereocenters. The summed E-state index contributed by atoms with van der Waals surface area (Å²) in [5, 5.41) is 7.73. The lowest BCUT2D eigenvalue weighted by Crippen LogP contribution is -2.11. The van der Waals surface area contributed by atoms with Crippen molar-refractivity contribution in [2.45, 2.75) is 39.5 Å². The summed E-state index contributed by atoms with van der Waals surface area (Å²) in [5.74, 6) is 0.586. The van der Waals surface area contributed by atoms with E-state index >= 15 is 0 Å². The molecular weight excluding hydrogens is 392 g/mol. The van der Waals surface area contributed by atoms with Crippen molar-refractivity contribution in [3.63, 3.8) is 0 Å². The number of amides is 1. The molecule has 0 radical (unpaired) electrons. The number of aryl methyl sites for hydroxylation is 3. The highest BCUT2D eigenvalue weighted by Crippen LogP contribution is 2.19. The molecule has 0 saturated heterocycles. The van der Waals surface area contributed by atoms with E-state index in [9.17, 15) is 9.59 Å². The van der Waals surface area contributed by atoms with Crippen molar-refractivity contribution in [3.05, 3.63) is 75.9 Å². The monoisotopic (exact) mass is 416 g/mol. The fraction of sp³-hybridized carbons (Fsp3) is 0.250. The van der Waals surface area contributed by atoms with Gasteiger partial charge in [0.05, 0.1) is 5.56 Å². The van der Waals surface area contributed by atoms with E-state index < -0.39 is 0 Å². The Kier molecular flexibility index (Phi) is 5.93. The number of fused-ring (bicyclic) bond motifs is 1. The third-order valence-electron chi connectivity index (χ3n) is 5.15. The zero-order chi connectivity index (χ0) is 21.8. The number of carbonyl (C=O) groups is 1. The zero-order valence-corrected chi connectivity index (χ0v) is 17.6. The second-order valence-electron chi connectivity index (χ2n) is 7.57. The third kappa shape index (κ3) is 4.88. The molecule has 2 heterocycles. The molecule has 0 spiro atoms. The van der Waals surface area contributed by atoms with Gasteiger partial charge in [0.25, 0.3) is 5.56 Å².